The lowest BCUT2D eigenvalue weighted by atomic mass is 10.2. The van der Waals surface area contributed by atoms with Gasteiger partial charge in [-0.1, -0.05) is 0 Å². The van der Waals surface area contributed by atoms with Crippen LogP contribution < -0.4 is 24.4 Å². The number of carbonyl (C=O) groups is 2. The zero-order valence-corrected chi connectivity index (χ0v) is 16.3. The Morgan fingerprint density at radius 1 is 1.03 bits per heavy atom. The highest BCUT2D eigenvalue weighted by Crippen LogP contribution is 2.28. The van der Waals surface area contributed by atoms with Gasteiger partial charge in [-0.15, -0.1) is 0 Å². The number of carboxylic acid groups (broad SMARTS) is 1. The average Bonchev–Trinajstić information content (AvgIpc) is 2.72. The van der Waals surface area contributed by atoms with Gasteiger partial charge in [0.05, 0.1) is 27.0 Å². The Labute approximate surface area is 167 Å². The minimum atomic E-state index is -1.09. The smallest absolute Gasteiger partial charge is 0.341 e. The van der Waals surface area contributed by atoms with Crippen molar-refractivity contribution < 1.29 is 33.6 Å². The number of carboxylic acids is 1. The summed E-state index contributed by atoms with van der Waals surface area (Å²) in [6.45, 7) is 1.69. The third-order valence-electron chi connectivity index (χ3n) is 3.61. The maximum atomic E-state index is 12.3. The van der Waals surface area contributed by atoms with Crippen LogP contribution in [0.15, 0.2) is 41.5 Å². The predicted molar refractivity (Wildman–Crippen MR) is 105 cm³/mol. The van der Waals surface area contributed by atoms with Crippen molar-refractivity contribution in [2.45, 2.75) is 6.92 Å². The normalized spacial score (nSPS) is 10.4. The third-order valence-corrected chi connectivity index (χ3v) is 3.61. The van der Waals surface area contributed by atoms with E-state index in [-0.39, 0.29) is 0 Å². The van der Waals surface area contributed by atoms with E-state index < -0.39 is 18.5 Å². The van der Waals surface area contributed by atoms with E-state index in [9.17, 15) is 9.59 Å². The van der Waals surface area contributed by atoms with Gasteiger partial charge in [0.25, 0.3) is 5.91 Å². The van der Waals surface area contributed by atoms with Gasteiger partial charge in [0.15, 0.2) is 18.1 Å². The van der Waals surface area contributed by atoms with Gasteiger partial charge >= 0.3 is 5.97 Å². The van der Waals surface area contributed by atoms with Gasteiger partial charge in [-0.2, -0.15) is 5.10 Å². The first-order valence-electron chi connectivity index (χ1n) is 8.64. The third kappa shape index (κ3) is 6.42. The van der Waals surface area contributed by atoms with Crippen molar-refractivity contribution in [3.63, 3.8) is 0 Å². The van der Waals surface area contributed by atoms with Crippen LogP contribution in [0.1, 0.15) is 22.8 Å². The summed E-state index contributed by atoms with van der Waals surface area (Å²) in [5, 5.41) is 12.7. The number of amides is 1. The van der Waals surface area contributed by atoms with E-state index in [1.165, 1.54) is 20.4 Å². The van der Waals surface area contributed by atoms with Crippen LogP contribution in [-0.2, 0) is 4.79 Å². The molecule has 9 heteroatoms. The molecule has 2 aromatic rings. The lowest BCUT2D eigenvalue weighted by molar-refractivity contribution is -0.139. The molecule has 29 heavy (non-hydrogen) atoms. The minimum Gasteiger partial charge on any atom is -0.497 e. The van der Waals surface area contributed by atoms with Crippen LogP contribution in [-0.4, -0.2) is 50.6 Å². The molecule has 0 saturated carbocycles. The first kappa shape index (κ1) is 21.5. The number of nitrogens with one attached hydrogen (secondary N) is 1. The molecular weight excluding hydrogens is 380 g/mol. The van der Waals surface area contributed by atoms with Crippen LogP contribution in [0.5, 0.6) is 23.0 Å². The molecule has 1 amide bonds. The highest BCUT2D eigenvalue weighted by atomic mass is 16.5. The molecule has 9 nitrogen and oxygen atoms in total. The second-order valence-corrected chi connectivity index (χ2v) is 5.62. The van der Waals surface area contributed by atoms with Gasteiger partial charge in [0.1, 0.15) is 11.5 Å². The molecule has 0 spiro atoms. The van der Waals surface area contributed by atoms with Crippen molar-refractivity contribution in [3.05, 3.63) is 47.5 Å². The van der Waals surface area contributed by atoms with Crippen LogP contribution in [0.3, 0.4) is 0 Å². The Morgan fingerprint density at radius 3 is 2.31 bits per heavy atom. The number of hydrogen-bond acceptors (Lipinski definition) is 7. The highest BCUT2D eigenvalue weighted by molar-refractivity contribution is 5.95. The molecule has 154 valence electrons. The number of nitrogens with zero attached hydrogens (tertiary/aromatic N) is 1. The lowest BCUT2D eigenvalue weighted by Crippen LogP contribution is -2.17. The molecular formula is C20H22N2O7. The molecule has 0 radical (unpaired) electrons. The Hall–Kier alpha value is -3.75. The number of ether oxygens (including phenoxy) is 4. The number of hydrogen-bond donors (Lipinski definition) is 2. The Kier molecular flexibility index (Phi) is 7.84. The van der Waals surface area contributed by atoms with Gasteiger partial charge in [-0.25, -0.2) is 10.2 Å². The number of aliphatic carboxylic acids is 1. The molecule has 0 atom stereocenters. The van der Waals surface area contributed by atoms with Gasteiger partial charge in [0.2, 0.25) is 0 Å². The van der Waals surface area contributed by atoms with E-state index in [1.807, 2.05) is 0 Å². The highest BCUT2D eigenvalue weighted by Gasteiger charge is 2.10. The van der Waals surface area contributed by atoms with Gasteiger partial charge < -0.3 is 24.1 Å². The van der Waals surface area contributed by atoms with E-state index >= 15 is 0 Å². The van der Waals surface area contributed by atoms with Crippen molar-refractivity contribution in [3.8, 4) is 23.0 Å². The SMILES string of the molecule is CCOc1cc(/C=N\NC(=O)c2cc(OC)cc(OC)c2)ccc1OCC(=O)O. The van der Waals surface area contributed by atoms with Gasteiger partial charge in [-0.3, -0.25) is 4.79 Å². The number of hydrazone groups is 1. The number of benzene rings is 2. The molecule has 2 rings (SSSR count). The summed E-state index contributed by atoms with van der Waals surface area (Å²) in [4.78, 5) is 23.0. The van der Waals surface area contributed by atoms with Crippen LogP contribution in [0.4, 0.5) is 0 Å². The van der Waals surface area contributed by atoms with Crippen LogP contribution in [0.2, 0.25) is 0 Å². The molecule has 0 aromatic heterocycles. The molecule has 0 aliphatic heterocycles. The number of methoxy groups -OCH3 is 2. The Bertz CT molecular complexity index is 874. The molecule has 0 fully saturated rings. The monoisotopic (exact) mass is 402 g/mol. The summed E-state index contributed by atoms with van der Waals surface area (Å²) in [7, 11) is 2.99. The predicted octanol–water partition coefficient (Wildman–Crippen LogP) is 2.33. The molecule has 0 aliphatic carbocycles. The molecule has 0 aliphatic rings. The molecule has 2 N–H and O–H groups in total. The minimum absolute atomic E-state index is 0.305. The summed E-state index contributed by atoms with van der Waals surface area (Å²) in [6.07, 6.45) is 1.43. The van der Waals surface area contributed by atoms with Crippen molar-refractivity contribution in [2.24, 2.45) is 5.10 Å². The van der Waals surface area contributed by atoms with Crippen LogP contribution >= 0.6 is 0 Å². The summed E-state index contributed by atoms with van der Waals surface area (Å²) in [6, 6.07) is 9.65. The van der Waals surface area contributed by atoms with E-state index in [1.54, 1.807) is 43.3 Å². The van der Waals surface area contributed by atoms with E-state index in [0.29, 0.717) is 40.7 Å². The molecule has 0 heterocycles. The van der Waals surface area contributed by atoms with E-state index in [4.69, 9.17) is 24.1 Å². The van der Waals surface area contributed by atoms with Crippen molar-refractivity contribution in [2.75, 3.05) is 27.4 Å². The second kappa shape index (κ2) is 10.5. The van der Waals surface area contributed by atoms with Gasteiger partial charge in [0, 0.05) is 11.6 Å². The zero-order valence-electron chi connectivity index (χ0n) is 16.3. The number of carbonyl (C=O) groups excluding carboxylic acids is 1. The molecule has 0 bridgehead atoms. The molecule has 2 aromatic carbocycles. The lowest BCUT2D eigenvalue weighted by Gasteiger charge is -2.11. The maximum Gasteiger partial charge on any atom is 0.341 e. The topological polar surface area (TPSA) is 116 Å². The summed E-state index contributed by atoms with van der Waals surface area (Å²) < 4.78 is 20.9. The first-order valence-corrected chi connectivity index (χ1v) is 8.64. The maximum absolute atomic E-state index is 12.3. The van der Waals surface area contributed by atoms with E-state index in [2.05, 4.69) is 10.5 Å². The molecule has 0 saturated heterocycles. The van der Waals surface area contributed by atoms with Gasteiger partial charge in [-0.05, 0) is 42.8 Å². The summed E-state index contributed by atoms with van der Waals surface area (Å²) in [5.74, 6) is 0.119. The fourth-order valence-electron chi connectivity index (χ4n) is 2.30. The standard InChI is InChI=1S/C20H22N2O7/c1-4-28-18-7-13(5-6-17(18)29-12-19(23)24)11-21-22-20(25)14-8-15(26-2)10-16(9-14)27-3/h5-11H,4,12H2,1-3H3,(H,22,25)(H,23,24)/b21-11-. The van der Waals surface area contributed by atoms with Crippen LogP contribution in [0, 0.1) is 0 Å². The Morgan fingerprint density at radius 2 is 1.72 bits per heavy atom. The zero-order chi connectivity index (χ0) is 21.2. The fraction of sp³-hybridized carbons (Fsp3) is 0.250. The number of rotatable bonds is 10. The second-order valence-electron chi connectivity index (χ2n) is 5.62. The fourth-order valence-corrected chi connectivity index (χ4v) is 2.30. The first-order chi connectivity index (χ1) is 14.0. The van der Waals surface area contributed by atoms with Crippen LogP contribution in [0.25, 0.3) is 0 Å². The van der Waals surface area contributed by atoms with E-state index in [0.717, 1.165) is 0 Å². The van der Waals surface area contributed by atoms with Crippen molar-refractivity contribution in [1.29, 1.82) is 0 Å². The summed E-state index contributed by atoms with van der Waals surface area (Å²) >= 11 is 0. The molecule has 0 unspecified atom stereocenters. The largest absolute Gasteiger partial charge is 0.497 e. The summed E-state index contributed by atoms with van der Waals surface area (Å²) in [5.41, 5.74) is 3.38. The quantitative estimate of drug-likeness (QED) is 0.463. The Balaban J connectivity index is 2.10. The van der Waals surface area contributed by atoms with Crippen molar-refractivity contribution in [1.82, 2.24) is 5.43 Å². The van der Waals surface area contributed by atoms with Crippen molar-refractivity contribution >= 4 is 18.1 Å². The average molecular weight is 402 g/mol.